The summed E-state index contributed by atoms with van der Waals surface area (Å²) in [6, 6.07) is 19.2. The summed E-state index contributed by atoms with van der Waals surface area (Å²) in [7, 11) is 0. The Balaban J connectivity index is 0.00000110. The molecule has 0 saturated carbocycles. The van der Waals surface area contributed by atoms with Crippen LogP contribution in [0.15, 0.2) is 48.5 Å². The molecular formula is C17H18IrN3-. The molecule has 0 unspecified atom stereocenters. The summed E-state index contributed by atoms with van der Waals surface area (Å²) in [5.41, 5.74) is 3.17. The number of benzene rings is 2. The Labute approximate surface area is 139 Å². The van der Waals surface area contributed by atoms with E-state index in [1.807, 2.05) is 48.0 Å². The average molecular weight is 457 g/mol. The van der Waals surface area contributed by atoms with Gasteiger partial charge in [0.2, 0.25) is 0 Å². The number of para-hydroxylation sites is 1. The van der Waals surface area contributed by atoms with E-state index in [1.165, 1.54) is 5.56 Å². The zero-order valence-corrected chi connectivity index (χ0v) is 13.7. The monoisotopic (exact) mass is 457 g/mol. The fourth-order valence-corrected chi connectivity index (χ4v) is 2.09. The van der Waals surface area contributed by atoms with Gasteiger partial charge in [0.05, 0.1) is 11.5 Å². The maximum absolute atomic E-state index is 4.52. The summed E-state index contributed by atoms with van der Waals surface area (Å²) in [5.74, 6) is 1.59. The van der Waals surface area contributed by atoms with Crippen LogP contribution in [-0.2, 0) is 20.1 Å². The van der Waals surface area contributed by atoms with Crippen molar-refractivity contribution in [1.82, 2.24) is 14.8 Å². The van der Waals surface area contributed by atoms with Gasteiger partial charge < -0.3 is 0 Å². The van der Waals surface area contributed by atoms with Gasteiger partial charge in [0, 0.05) is 20.1 Å². The molecule has 111 valence electrons. The number of rotatable bonds is 2. The third kappa shape index (κ3) is 3.46. The second-order valence-electron chi connectivity index (χ2n) is 4.46. The predicted molar refractivity (Wildman–Crippen MR) is 81.8 cm³/mol. The van der Waals surface area contributed by atoms with E-state index in [4.69, 9.17) is 0 Å². The normalized spacial score (nSPS) is 9.62. The molecule has 1 radical (unpaired) electrons. The van der Waals surface area contributed by atoms with Crippen LogP contribution in [0.2, 0.25) is 0 Å². The molecule has 21 heavy (non-hydrogen) atoms. The van der Waals surface area contributed by atoms with E-state index in [2.05, 4.69) is 35.2 Å². The van der Waals surface area contributed by atoms with Gasteiger partial charge in [-0.15, -0.1) is 35.9 Å². The van der Waals surface area contributed by atoms with E-state index >= 15 is 0 Å². The number of hydrogen-bond acceptors (Lipinski definition) is 2. The maximum atomic E-state index is 4.52. The van der Waals surface area contributed by atoms with Gasteiger partial charge >= 0.3 is 0 Å². The zero-order valence-electron chi connectivity index (χ0n) is 11.3. The van der Waals surface area contributed by atoms with Gasteiger partial charge in [0.15, 0.2) is 0 Å². The van der Waals surface area contributed by atoms with E-state index in [9.17, 15) is 0 Å². The second-order valence-corrected chi connectivity index (χ2v) is 4.46. The number of hydrogen-bond donors (Lipinski definition) is 0. The van der Waals surface area contributed by atoms with Crippen molar-refractivity contribution >= 4 is 0 Å². The molecule has 0 aliphatic carbocycles. The van der Waals surface area contributed by atoms with Gasteiger partial charge in [-0.3, -0.25) is 9.67 Å². The molecular weight excluding hydrogens is 438 g/mol. The quantitative estimate of drug-likeness (QED) is 0.546. The van der Waals surface area contributed by atoms with Gasteiger partial charge in [-0.1, -0.05) is 25.6 Å². The molecule has 3 aromatic rings. The Kier molecular flexibility index (Phi) is 6.01. The van der Waals surface area contributed by atoms with Crippen molar-refractivity contribution in [3.05, 3.63) is 66.0 Å². The van der Waals surface area contributed by atoms with Crippen molar-refractivity contribution in [2.24, 2.45) is 0 Å². The molecule has 0 bridgehead atoms. The minimum atomic E-state index is 0. The van der Waals surface area contributed by atoms with Crippen LogP contribution in [0, 0.1) is 19.9 Å². The largest absolute Gasteiger partial charge is 0.262 e. The zero-order chi connectivity index (χ0) is 13.2. The van der Waals surface area contributed by atoms with Crippen LogP contribution in [0.25, 0.3) is 17.1 Å². The summed E-state index contributed by atoms with van der Waals surface area (Å²) >= 11 is 0. The first-order valence-corrected chi connectivity index (χ1v) is 6.22. The van der Waals surface area contributed by atoms with E-state index < -0.39 is 0 Å². The molecule has 4 heteroatoms. The van der Waals surface area contributed by atoms with E-state index in [0.29, 0.717) is 0 Å². The standard InChI is InChI=1S/C16H14N3.CH4.Ir/c1-12-8-6-7-11-15(12)19-16(17-13(2)18-19)14-9-4-3-5-10-14;;/h3-9,11H,1-2H3;1H4;/q-1;;. The van der Waals surface area contributed by atoms with Crippen molar-refractivity contribution < 1.29 is 20.1 Å². The van der Waals surface area contributed by atoms with E-state index in [1.54, 1.807) is 0 Å². The minimum Gasteiger partial charge on any atom is -0.262 e. The molecule has 0 atom stereocenters. The van der Waals surface area contributed by atoms with Crippen LogP contribution in [0.3, 0.4) is 0 Å². The molecule has 2 aromatic carbocycles. The van der Waals surface area contributed by atoms with Crippen molar-refractivity contribution in [2.45, 2.75) is 21.3 Å². The Bertz CT molecular complexity index is 705. The fraction of sp³-hybridized carbons (Fsp3) is 0.176. The van der Waals surface area contributed by atoms with Gasteiger partial charge in [-0.25, -0.2) is 0 Å². The number of aryl methyl sites for hydroxylation is 2. The molecule has 3 nitrogen and oxygen atoms in total. The summed E-state index contributed by atoms with van der Waals surface area (Å²) in [4.78, 5) is 4.52. The molecule has 0 amide bonds. The average Bonchev–Trinajstić information content (AvgIpc) is 2.82. The van der Waals surface area contributed by atoms with Crippen molar-refractivity contribution in [2.75, 3.05) is 0 Å². The summed E-state index contributed by atoms with van der Waals surface area (Å²) < 4.78 is 1.89. The summed E-state index contributed by atoms with van der Waals surface area (Å²) in [5, 5.41) is 4.50. The molecule has 0 aliphatic heterocycles. The van der Waals surface area contributed by atoms with Crippen LogP contribution in [-0.4, -0.2) is 14.8 Å². The maximum Gasteiger partial charge on any atom is 0.137 e. The third-order valence-electron chi connectivity index (χ3n) is 3.01. The Morgan fingerprint density at radius 2 is 1.71 bits per heavy atom. The van der Waals surface area contributed by atoms with Crippen molar-refractivity contribution in [3.8, 4) is 17.1 Å². The summed E-state index contributed by atoms with van der Waals surface area (Å²) in [6.45, 7) is 3.98. The second kappa shape index (κ2) is 7.30. The first-order valence-electron chi connectivity index (χ1n) is 6.22. The molecule has 0 fully saturated rings. The topological polar surface area (TPSA) is 30.7 Å². The molecule has 1 heterocycles. The van der Waals surface area contributed by atoms with Crippen LogP contribution in [0.5, 0.6) is 0 Å². The fourth-order valence-electron chi connectivity index (χ4n) is 2.09. The molecule has 0 aliphatic rings. The van der Waals surface area contributed by atoms with Crippen LogP contribution >= 0.6 is 0 Å². The van der Waals surface area contributed by atoms with E-state index in [0.717, 1.165) is 22.9 Å². The van der Waals surface area contributed by atoms with Gasteiger partial charge in [-0.2, -0.15) is 5.10 Å². The van der Waals surface area contributed by atoms with Gasteiger partial charge in [0.1, 0.15) is 5.82 Å². The molecule has 0 N–H and O–H groups in total. The molecule has 3 rings (SSSR count). The van der Waals surface area contributed by atoms with Crippen molar-refractivity contribution in [1.29, 1.82) is 0 Å². The minimum absolute atomic E-state index is 0. The Morgan fingerprint density at radius 3 is 2.38 bits per heavy atom. The van der Waals surface area contributed by atoms with Crippen LogP contribution in [0.4, 0.5) is 0 Å². The Hall–Kier alpha value is -1.77. The Morgan fingerprint density at radius 1 is 1.00 bits per heavy atom. The molecule has 0 spiro atoms. The van der Waals surface area contributed by atoms with E-state index in [-0.39, 0.29) is 27.5 Å². The predicted octanol–water partition coefficient (Wildman–Crippen LogP) is 3.98. The van der Waals surface area contributed by atoms with Crippen molar-refractivity contribution in [3.63, 3.8) is 0 Å². The van der Waals surface area contributed by atoms with Gasteiger partial charge in [0.25, 0.3) is 0 Å². The SMILES string of the molecule is C.Cc1nc(-c2[c-]cccc2)n(-c2ccccc2C)n1.[Ir]. The number of nitrogens with zero attached hydrogens (tertiary/aromatic N) is 3. The van der Waals surface area contributed by atoms with Crippen LogP contribution < -0.4 is 0 Å². The first-order chi connectivity index (χ1) is 9.25. The first kappa shape index (κ1) is 17.3. The smallest absolute Gasteiger partial charge is 0.137 e. The molecule has 0 saturated heterocycles. The summed E-state index contributed by atoms with van der Waals surface area (Å²) in [6.07, 6.45) is 0. The number of aromatic nitrogens is 3. The van der Waals surface area contributed by atoms with Crippen LogP contribution in [0.1, 0.15) is 18.8 Å². The third-order valence-corrected chi connectivity index (χ3v) is 3.01. The van der Waals surface area contributed by atoms with Gasteiger partial charge in [-0.05, 0) is 25.5 Å². The molecule has 1 aromatic heterocycles.